The number of esters is 1. The summed E-state index contributed by atoms with van der Waals surface area (Å²) in [7, 11) is 1.31. The lowest BCUT2D eigenvalue weighted by Crippen LogP contribution is -2.55. The highest BCUT2D eigenvalue weighted by molar-refractivity contribution is 7.98. The summed E-state index contributed by atoms with van der Waals surface area (Å²) in [5.74, 6) is 0.851. The molecule has 1 aliphatic heterocycles. The number of halogens is 2. The van der Waals surface area contributed by atoms with Gasteiger partial charge in [0.25, 0.3) is 5.91 Å². The Morgan fingerprint density at radius 2 is 1.74 bits per heavy atom. The largest absolute Gasteiger partial charge is 0.469 e. The molecular weight excluding hydrogens is 541 g/mol. The van der Waals surface area contributed by atoms with E-state index in [1.54, 1.807) is 17.8 Å². The smallest absolute Gasteiger partial charge is 0.308 e. The molecule has 0 N–H and O–H groups in total. The van der Waals surface area contributed by atoms with E-state index in [0.717, 1.165) is 29.1 Å². The lowest BCUT2D eigenvalue weighted by Gasteiger charge is -2.48. The molecule has 4 rings (SSSR count). The van der Waals surface area contributed by atoms with E-state index in [2.05, 4.69) is 19.1 Å². The Labute approximate surface area is 238 Å². The van der Waals surface area contributed by atoms with Crippen LogP contribution in [-0.4, -0.2) is 41.8 Å². The Kier molecular flexibility index (Phi) is 10.1. The highest BCUT2D eigenvalue weighted by atomic mass is 35.5. The van der Waals surface area contributed by atoms with Gasteiger partial charge in [-0.05, 0) is 47.4 Å². The maximum Gasteiger partial charge on any atom is 0.308 e. The van der Waals surface area contributed by atoms with Crippen molar-refractivity contribution in [3.05, 3.63) is 106 Å². The van der Waals surface area contributed by atoms with E-state index in [-0.39, 0.29) is 18.4 Å². The van der Waals surface area contributed by atoms with Gasteiger partial charge in [-0.2, -0.15) is 11.8 Å². The number of hydrogen-bond acceptors (Lipinski definition) is 5. The lowest BCUT2D eigenvalue weighted by atomic mass is 9.89. The van der Waals surface area contributed by atoms with Crippen LogP contribution in [0.25, 0.3) is 0 Å². The van der Waals surface area contributed by atoms with E-state index in [1.807, 2.05) is 65.6 Å². The van der Waals surface area contributed by atoms with Gasteiger partial charge < -0.3 is 14.4 Å². The molecule has 3 aromatic rings. The summed E-state index contributed by atoms with van der Waals surface area (Å²) < 4.78 is 11.3. The number of benzene rings is 3. The summed E-state index contributed by atoms with van der Waals surface area (Å²) in [6.45, 7) is 2.08. The van der Waals surface area contributed by atoms with Gasteiger partial charge in [0.05, 0.1) is 19.6 Å². The van der Waals surface area contributed by atoms with Crippen molar-refractivity contribution in [2.75, 3.05) is 12.9 Å². The molecule has 0 bridgehead atoms. The molecular formula is C30H31Cl2NO4S. The highest BCUT2D eigenvalue weighted by Crippen LogP contribution is 2.45. The van der Waals surface area contributed by atoms with Crippen LogP contribution in [0.1, 0.15) is 48.6 Å². The van der Waals surface area contributed by atoms with Gasteiger partial charge >= 0.3 is 5.97 Å². The second-order valence-corrected chi connectivity index (χ2v) is 11.1. The first-order valence-electron chi connectivity index (χ1n) is 12.6. The van der Waals surface area contributed by atoms with Crippen LogP contribution in [0.15, 0.2) is 78.9 Å². The topological polar surface area (TPSA) is 55.8 Å². The van der Waals surface area contributed by atoms with Crippen molar-refractivity contribution in [3.63, 3.8) is 0 Å². The molecule has 1 unspecified atom stereocenters. The fourth-order valence-electron chi connectivity index (χ4n) is 4.76. The minimum atomic E-state index is -0.969. The zero-order valence-corrected chi connectivity index (χ0v) is 23.7. The van der Waals surface area contributed by atoms with E-state index >= 15 is 0 Å². The van der Waals surface area contributed by atoms with E-state index in [9.17, 15) is 9.59 Å². The van der Waals surface area contributed by atoms with Gasteiger partial charge in [0.1, 0.15) is 12.2 Å². The lowest BCUT2D eigenvalue weighted by molar-refractivity contribution is -0.183. The van der Waals surface area contributed by atoms with Crippen LogP contribution in [0.4, 0.5) is 0 Å². The second-order valence-electron chi connectivity index (χ2n) is 9.19. The van der Waals surface area contributed by atoms with Crippen molar-refractivity contribution in [1.82, 2.24) is 4.90 Å². The summed E-state index contributed by atoms with van der Waals surface area (Å²) >= 11 is 14.4. The standard InChI is InChI=1S/C30H31Cl2NO4S/c1-3-25(19-38-18-20-8-5-4-6-9-20)33-28(21-12-14-23(31)15-13-21)29(22-10-7-11-24(32)16-22)37-26(30(33)35)17-27(34)36-2/h4-16,25-26,28-29H,3,17-19H2,1-2H3/t25?,26-,28+,29+/m0/s1. The molecule has 1 saturated heterocycles. The molecule has 8 heteroatoms. The summed E-state index contributed by atoms with van der Waals surface area (Å²) in [5, 5.41) is 1.18. The van der Waals surface area contributed by atoms with Gasteiger partial charge in [-0.15, -0.1) is 0 Å². The van der Waals surface area contributed by atoms with Crippen LogP contribution in [0.2, 0.25) is 10.0 Å². The van der Waals surface area contributed by atoms with E-state index in [4.69, 9.17) is 32.7 Å². The quantitative estimate of drug-likeness (QED) is 0.239. The van der Waals surface area contributed by atoms with Crippen LogP contribution in [0, 0.1) is 0 Å². The van der Waals surface area contributed by atoms with Crippen molar-refractivity contribution in [2.24, 2.45) is 0 Å². The predicted molar refractivity (Wildman–Crippen MR) is 153 cm³/mol. The maximum atomic E-state index is 14.0. The summed E-state index contributed by atoms with van der Waals surface area (Å²) in [6.07, 6.45) is -0.937. The summed E-state index contributed by atoms with van der Waals surface area (Å²) in [5.41, 5.74) is 2.96. The monoisotopic (exact) mass is 571 g/mol. The van der Waals surface area contributed by atoms with Gasteiger partial charge in [-0.1, -0.05) is 84.7 Å². The van der Waals surface area contributed by atoms with Crippen LogP contribution >= 0.6 is 35.0 Å². The highest BCUT2D eigenvalue weighted by Gasteiger charge is 2.47. The van der Waals surface area contributed by atoms with Crippen molar-refractivity contribution in [2.45, 2.75) is 49.8 Å². The molecule has 5 nitrogen and oxygen atoms in total. The summed E-state index contributed by atoms with van der Waals surface area (Å²) in [4.78, 5) is 28.2. The van der Waals surface area contributed by atoms with Crippen LogP contribution in [0.5, 0.6) is 0 Å². The molecule has 4 atom stereocenters. The number of nitrogens with zero attached hydrogens (tertiary/aromatic N) is 1. The number of methoxy groups -OCH3 is 1. The van der Waals surface area contributed by atoms with Crippen molar-refractivity contribution < 1.29 is 19.1 Å². The zero-order valence-electron chi connectivity index (χ0n) is 21.4. The first-order valence-corrected chi connectivity index (χ1v) is 14.5. The Morgan fingerprint density at radius 3 is 2.39 bits per heavy atom. The second kappa shape index (κ2) is 13.5. The Morgan fingerprint density at radius 1 is 1.00 bits per heavy atom. The van der Waals surface area contributed by atoms with Crippen LogP contribution < -0.4 is 0 Å². The molecule has 1 fully saturated rings. The minimum absolute atomic E-state index is 0.0948. The normalized spacial score (nSPS) is 20.3. The number of ether oxygens (including phenoxy) is 2. The molecule has 0 aliphatic carbocycles. The third-order valence-corrected chi connectivity index (χ3v) is 8.33. The zero-order chi connectivity index (χ0) is 27.1. The van der Waals surface area contributed by atoms with Gasteiger partial charge in [-0.3, -0.25) is 9.59 Å². The fraction of sp³-hybridized carbons (Fsp3) is 0.333. The molecule has 0 saturated carbocycles. The summed E-state index contributed by atoms with van der Waals surface area (Å²) in [6, 6.07) is 24.7. The predicted octanol–water partition coefficient (Wildman–Crippen LogP) is 7.28. The number of morpholine rings is 1. The molecule has 1 aliphatic rings. The first kappa shape index (κ1) is 28.5. The number of hydrogen-bond donors (Lipinski definition) is 0. The number of amides is 1. The number of carbonyl (C=O) groups is 2. The van der Waals surface area contributed by atoms with Crippen LogP contribution in [-0.2, 0) is 24.8 Å². The molecule has 38 heavy (non-hydrogen) atoms. The average Bonchev–Trinajstić information content (AvgIpc) is 2.93. The average molecular weight is 573 g/mol. The molecule has 200 valence electrons. The van der Waals surface area contributed by atoms with E-state index in [1.165, 1.54) is 12.7 Å². The molecule has 0 aromatic heterocycles. The number of thioether (sulfide) groups is 1. The first-order chi connectivity index (χ1) is 18.4. The number of carbonyl (C=O) groups excluding carboxylic acids is 2. The Balaban J connectivity index is 1.73. The van der Waals surface area contributed by atoms with Crippen LogP contribution in [0.3, 0.4) is 0 Å². The minimum Gasteiger partial charge on any atom is -0.469 e. The third kappa shape index (κ3) is 6.92. The fourth-order valence-corrected chi connectivity index (χ4v) is 6.30. The molecule has 3 aromatic carbocycles. The van der Waals surface area contributed by atoms with Gasteiger partial charge in [0.15, 0.2) is 0 Å². The van der Waals surface area contributed by atoms with Crippen molar-refractivity contribution in [1.29, 1.82) is 0 Å². The van der Waals surface area contributed by atoms with Crippen molar-refractivity contribution >= 4 is 46.8 Å². The number of rotatable bonds is 10. The third-order valence-electron chi connectivity index (χ3n) is 6.68. The van der Waals surface area contributed by atoms with E-state index in [0.29, 0.717) is 10.0 Å². The molecule has 0 spiro atoms. The van der Waals surface area contributed by atoms with Gasteiger partial charge in [0.2, 0.25) is 0 Å². The van der Waals surface area contributed by atoms with Crippen molar-refractivity contribution in [3.8, 4) is 0 Å². The Hall–Kier alpha value is -2.51. The maximum absolute atomic E-state index is 14.0. The van der Waals surface area contributed by atoms with Gasteiger partial charge in [-0.25, -0.2) is 0 Å². The molecule has 0 radical (unpaired) electrons. The van der Waals surface area contributed by atoms with Gasteiger partial charge in [0, 0.05) is 27.6 Å². The molecule has 1 amide bonds. The molecule has 1 heterocycles. The van der Waals surface area contributed by atoms with E-state index < -0.39 is 24.2 Å². The SMILES string of the molecule is CCC(CSCc1ccccc1)N1C(=O)[C@H](CC(=O)OC)O[C@H](c2cccc(Cl)c2)[C@H]1c1ccc(Cl)cc1. The Bertz CT molecular complexity index is 1220.